The average molecular weight is 351 g/mol. The molecule has 0 saturated heterocycles. The minimum absolute atomic E-state index is 0.00636. The molecule has 0 aliphatic heterocycles. The van der Waals surface area contributed by atoms with E-state index in [1.165, 1.54) is 0 Å². The van der Waals surface area contributed by atoms with Crippen LogP contribution in [0.2, 0.25) is 10.0 Å². The van der Waals surface area contributed by atoms with E-state index >= 15 is 0 Å². The van der Waals surface area contributed by atoms with E-state index < -0.39 is 0 Å². The van der Waals surface area contributed by atoms with Gasteiger partial charge in [0.15, 0.2) is 0 Å². The number of para-hydroxylation sites is 1. The van der Waals surface area contributed by atoms with Gasteiger partial charge in [0, 0.05) is 28.8 Å². The summed E-state index contributed by atoms with van der Waals surface area (Å²) in [7, 11) is 1.77. The van der Waals surface area contributed by atoms with Crippen molar-refractivity contribution in [2.45, 2.75) is 25.9 Å². The van der Waals surface area contributed by atoms with Gasteiger partial charge in [0.05, 0.1) is 6.04 Å². The summed E-state index contributed by atoms with van der Waals surface area (Å²) >= 11 is 12.1. The number of carbonyl (C=O) groups excluding carboxylic acids is 1. The van der Waals surface area contributed by atoms with Crippen molar-refractivity contribution in [3.05, 3.63) is 64.1 Å². The number of hydrogen-bond donors (Lipinski definition) is 1. The number of benzene rings is 2. The molecule has 0 saturated carbocycles. The largest absolute Gasteiger partial charge is 0.314 e. The highest BCUT2D eigenvalue weighted by Gasteiger charge is 2.21. The molecule has 0 radical (unpaired) electrons. The van der Waals surface area contributed by atoms with Gasteiger partial charge in [0.2, 0.25) is 5.91 Å². The van der Waals surface area contributed by atoms with Gasteiger partial charge in [-0.05, 0) is 43.7 Å². The topological polar surface area (TPSA) is 32.3 Å². The number of nitrogens with zero attached hydrogens (tertiary/aromatic N) is 1. The minimum atomic E-state index is -0.345. The average Bonchev–Trinajstić information content (AvgIpc) is 2.54. The molecule has 3 nitrogen and oxygen atoms in total. The van der Waals surface area contributed by atoms with Gasteiger partial charge in [-0.3, -0.25) is 10.1 Å². The van der Waals surface area contributed by atoms with Gasteiger partial charge in [-0.15, -0.1) is 0 Å². The highest BCUT2D eigenvalue weighted by molar-refractivity contribution is 6.35. The molecule has 0 spiro atoms. The van der Waals surface area contributed by atoms with Gasteiger partial charge >= 0.3 is 0 Å². The second-order valence-corrected chi connectivity index (χ2v) is 6.35. The molecule has 122 valence electrons. The van der Waals surface area contributed by atoms with Crippen LogP contribution >= 0.6 is 23.2 Å². The first kappa shape index (κ1) is 17.8. The first-order chi connectivity index (χ1) is 10.9. The second-order valence-electron chi connectivity index (χ2n) is 5.51. The molecule has 2 atom stereocenters. The molecule has 2 rings (SSSR count). The van der Waals surface area contributed by atoms with Gasteiger partial charge < -0.3 is 4.90 Å². The maximum absolute atomic E-state index is 12.6. The molecule has 2 aromatic rings. The van der Waals surface area contributed by atoms with Crippen molar-refractivity contribution < 1.29 is 4.79 Å². The summed E-state index contributed by atoms with van der Waals surface area (Å²) in [6.07, 6.45) is 0. The van der Waals surface area contributed by atoms with E-state index in [0.717, 1.165) is 11.3 Å². The molecule has 0 bridgehead atoms. The van der Waals surface area contributed by atoms with Crippen molar-refractivity contribution in [2.24, 2.45) is 0 Å². The Morgan fingerprint density at radius 3 is 2.35 bits per heavy atom. The van der Waals surface area contributed by atoms with Crippen LogP contribution in [-0.4, -0.2) is 19.0 Å². The van der Waals surface area contributed by atoms with Gasteiger partial charge in [0.25, 0.3) is 0 Å². The lowest BCUT2D eigenvalue weighted by Gasteiger charge is -2.25. The zero-order chi connectivity index (χ0) is 17.0. The summed E-state index contributed by atoms with van der Waals surface area (Å²) in [6, 6.07) is 14.5. The molecule has 1 amide bonds. The lowest BCUT2D eigenvalue weighted by molar-refractivity contribution is -0.120. The Hall–Kier alpha value is -1.55. The van der Waals surface area contributed by atoms with Gasteiger partial charge in [-0.25, -0.2) is 0 Å². The number of anilines is 1. The molecule has 0 unspecified atom stereocenters. The summed E-state index contributed by atoms with van der Waals surface area (Å²) < 4.78 is 0. The summed E-state index contributed by atoms with van der Waals surface area (Å²) in [5.74, 6) is -0.00636. The third-order valence-corrected chi connectivity index (χ3v) is 4.34. The smallest absolute Gasteiger partial charge is 0.243 e. The van der Waals surface area contributed by atoms with Crippen molar-refractivity contribution in [1.82, 2.24) is 5.32 Å². The molecule has 5 heteroatoms. The van der Waals surface area contributed by atoms with E-state index in [4.69, 9.17) is 23.2 Å². The highest BCUT2D eigenvalue weighted by atomic mass is 35.5. The first-order valence-electron chi connectivity index (χ1n) is 7.43. The van der Waals surface area contributed by atoms with Crippen molar-refractivity contribution in [1.29, 1.82) is 0 Å². The molecule has 1 N–H and O–H groups in total. The van der Waals surface area contributed by atoms with E-state index in [9.17, 15) is 4.79 Å². The molecule has 0 fully saturated rings. The number of rotatable bonds is 5. The van der Waals surface area contributed by atoms with Crippen LogP contribution in [0.1, 0.15) is 25.5 Å². The van der Waals surface area contributed by atoms with Crippen molar-refractivity contribution in [2.75, 3.05) is 11.9 Å². The third-order valence-electron chi connectivity index (χ3n) is 3.77. The highest BCUT2D eigenvalue weighted by Crippen LogP contribution is 2.26. The lowest BCUT2D eigenvalue weighted by atomic mass is 10.1. The summed E-state index contributed by atoms with van der Waals surface area (Å²) in [6.45, 7) is 3.82. The minimum Gasteiger partial charge on any atom is -0.314 e. The van der Waals surface area contributed by atoms with E-state index in [-0.39, 0.29) is 18.0 Å². The molecule has 0 aliphatic rings. The Morgan fingerprint density at radius 2 is 1.74 bits per heavy atom. The van der Waals surface area contributed by atoms with Crippen LogP contribution in [-0.2, 0) is 4.79 Å². The SMILES string of the molecule is C[C@H](N[C@@H](C)c1ccc(Cl)cc1Cl)C(=O)N(C)c1ccccc1. The molecular formula is C18H20Cl2N2O. The number of nitrogens with one attached hydrogen (secondary N) is 1. The molecule has 23 heavy (non-hydrogen) atoms. The van der Waals surface area contributed by atoms with E-state index in [1.807, 2.05) is 50.2 Å². The Labute approximate surface area is 147 Å². The third kappa shape index (κ3) is 4.47. The standard InChI is InChI=1S/C18H20Cl2N2O/c1-12(16-10-9-14(19)11-17(16)20)21-13(2)18(23)22(3)15-7-5-4-6-8-15/h4-13,21H,1-3H3/t12-,13-/m0/s1. The fraction of sp³-hybridized carbons (Fsp3) is 0.278. The maximum atomic E-state index is 12.6. The monoisotopic (exact) mass is 350 g/mol. The number of hydrogen-bond acceptors (Lipinski definition) is 2. The zero-order valence-electron chi connectivity index (χ0n) is 13.4. The normalized spacial score (nSPS) is 13.4. The van der Waals surface area contributed by atoms with Crippen LogP contribution in [0.25, 0.3) is 0 Å². The van der Waals surface area contributed by atoms with Gasteiger partial charge in [-0.1, -0.05) is 47.5 Å². The van der Waals surface area contributed by atoms with Crippen molar-refractivity contribution in [3.8, 4) is 0 Å². The van der Waals surface area contributed by atoms with E-state index in [0.29, 0.717) is 10.0 Å². The first-order valence-corrected chi connectivity index (χ1v) is 8.19. The van der Waals surface area contributed by atoms with Crippen LogP contribution in [0.5, 0.6) is 0 Å². The van der Waals surface area contributed by atoms with Crippen LogP contribution in [0, 0.1) is 0 Å². The summed E-state index contributed by atoms with van der Waals surface area (Å²) in [5, 5.41) is 4.48. The van der Waals surface area contributed by atoms with Gasteiger partial charge in [-0.2, -0.15) is 0 Å². The fourth-order valence-electron chi connectivity index (χ4n) is 2.46. The summed E-state index contributed by atoms with van der Waals surface area (Å²) in [5.41, 5.74) is 1.78. The number of halogens is 2. The Kier molecular flexibility index (Phi) is 6.05. The lowest BCUT2D eigenvalue weighted by Crippen LogP contribution is -2.44. The van der Waals surface area contributed by atoms with Crippen LogP contribution < -0.4 is 10.2 Å². The number of likely N-dealkylation sites (N-methyl/N-ethyl adjacent to an activating group) is 1. The molecular weight excluding hydrogens is 331 g/mol. The molecule has 2 aromatic carbocycles. The maximum Gasteiger partial charge on any atom is 0.243 e. The molecule has 0 aromatic heterocycles. The van der Waals surface area contributed by atoms with Gasteiger partial charge in [0.1, 0.15) is 0 Å². The Bertz CT molecular complexity index is 676. The number of amides is 1. The molecule has 0 heterocycles. The predicted molar refractivity (Wildman–Crippen MR) is 97.3 cm³/mol. The zero-order valence-corrected chi connectivity index (χ0v) is 14.9. The summed E-state index contributed by atoms with van der Waals surface area (Å²) in [4.78, 5) is 14.2. The second kappa shape index (κ2) is 7.82. The predicted octanol–water partition coefficient (Wildman–Crippen LogP) is 4.70. The number of carbonyl (C=O) groups is 1. The van der Waals surface area contributed by atoms with E-state index in [2.05, 4.69) is 5.32 Å². The van der Waals surface area contributed by atoms with E-state index in [1.54, 1.807) is 24.1 Å². The van der Waals surface area contributed by atoms with Crippen molar-refractivity contribution >= 4 is 34.8 Å². The molecule has 0 aliphatic carbocycles. The van der Waals surface area contributed by atoms with Crippen LogP contribution in [0.4, 0.5) is 5.69 Å². The quantitative estimate of drug-likeness (QED) is 0.847. The Balaban J connectivity index is 2.05. The van der Waals surface area contributed by atoms with Crippen LogP contribution in [0.15, 0.2) is 48.5 Å². The van der Waals surface area contributed by atoms with Crippen molar-refractivity contribution in [3.63, 3.8) is 0 Å². The fourth-order valence-corrected chi connectivity index (χ4v) is 3.03. The van der Waals surface area contributed by atoms with Crippen LogP contribution in [0.3, 0.4) is 0 Å². The Morgan fingerprint density at radius 1 is 1.09 bits per heavy atom.